The topological polar surface area (TPSA) is 51.0 Å². The number of hydrogen-bond acceptors (Lipinski definition) is 4. The Morgan fingerprint density at radius 2 is 2.04 bits per heavy atom. The highest BCUT2D eigenvalue weighted by Crippen LogP contribution is 2.24. The molecular weight excluding hydrogens is 344 g/mol. The van der Waals surface area contributed by atoms with Gasteiger partial charge in [-0.2, -0.15) is 0 Å². The van der Waals surface area contributed by atoms with E-state index in [1.165, 1.54) is 17.8 Å². The van der Waals surface area contributed by atoms with Crippen LogP contribution in [0.3, 0.4) is 0 Å². The van der Waals surface area contributed by atoms with Crippen LogP contribution in [0.4, 0.5) is 0 Å². The first-order chi connectivity index (χ1) is 12.8. The maximum absolute atomic E-state index is 12.8. The second kappa shape index (κ2) is 7.83. The van der Waals surface area contributed by atoms with Gasteiger partial charge in [0.1, 0.15) is 5.69 Å². The number of hydrogen-bond donors (Lipinski definition) is 0. The lowest BCUT2D eigenvalue weighted by molar-refractivity contribution is 0.0599. The smallest absolute Gasteiger partial charge is 0.264 e. The van der Waals surface area contributed by atoms with Gasteiger partial charge in [0.05, 0.1) is 11.1 Å². The van der Waals surface area contributed by atoms with Crippen molar-refractivity contribution in [2.24, 2.45) is 0 Å². The quantitative estimate of drug-likeness (QED) is 0.683. The highest BCUT2D eigenvalue weighted by molar-refractivity contribution is 7.12. The van der Waals surface area contributed by atoms with Gasteiger partial charge in [0.25, 0.3) is 5.91 Å². The van der Waals surface area contributed by atoms with Crippen molar-refractivity contribution in [1.29, 1.82) is 0 Å². The molecule has 3 aromatic rings. The number of rotatable bonds is 5. The molecule has 1 atom stereocenters. The Kier molecular flexibility index (Phi) is 5.11. The first kappa shape index (κ1) is 17.0. The van der Waals surface area contributed by atoms with Crippen LogP contribution in [0.5, 0.6) is 0 Å². The van der Waals surface area contributed by atoms with E-state index in [0.29, 0.717) is 0 Å². The SMILES string of the molecule is O=C(c1cccs1)N1CCCCC1CCn1cc(-c2ccccc2)nn1. The van der Waals surface area contributed by atoms with E-state index in [1.807, 2.05) is 58.7 Å². The summed E-state index contributed by atoms with van der Waals surface area (Å²) in [5, 5.41) is 10.5. The molecule has 0 bridgehead atoms. The molecule has 2 aromatic heterocycles. The molecule has 1 fully saturated rings. The van der Waals surface area contributed by atoms with Crippen molar-refractivity contribution in [2.75, 3.05) is 6.54 Å². The summed E-state index contributed by atoms with van der Waals surface area (Å²) in [7, 11) is 0. The van der Waals surface area contributed by atoms with Crippen LogP contribution in [0.1, 0.15) is 35.4 Å². The van der Waals surface area contributed by atoms with Crippen molar-refractivity contribution >= 4 is 17.2 Å². The summed E-state index contributed by atoms with van der Waals surface area (Å²) < 4.78 is 1.89. The van der Waals surface area contributed by atoms with Gasteiger partial charge in [0, 0.05) is 24.7 Å². The van der Waals surface area contributed by atoms with E-state index in [2.05, 4.69) is 15.2 Å². The first-order valence-corrected chi connectivity index (χ1v) is 9.99. The predicted molar refractivity (Wildman–Crippen MR) is 103 cm³/mol. The standard InChI is InChI=1S/C20H22N4OS/c25-20(19-10-6-14-26-19)24-12-5-4-9-17(24)11-13-23-15-18(21-22-23)16-7-2-1-3-8-16/h1-3,6-8,10,14-15,17H,4-5,9,11-13H2. The summed E-state index contributed by atoms with van der Waals surface area (Å²) in [6.45, 7) is 1.63. The molecule has 6 heteroatoms. The number of carbonyl (C=O) groups excluding carboxylic acids is 1. The number of aromatic nitrogens is 3. The Bertz CT molecular complexity index is 844. The lowest BCUT2D eigenvalue weighted by Crippen LogP contribution is -2.44. The molecule has 0 spiro atoms. The van der Waals surface area contributed by atoms with Crippen LogP contribution in [0.25, 0.3) is 11.3 Å². The molecule has 0 aliphatic carbocycles. The Hall–Kier alpha value is -2.47. The third-order valence-electron chi connectivity index (χ3n) is 4.92. The minimum atomic E-state index is 0.174. The lowest BCUT2D eigenvalue weighted by Gasteiger charge is -2.35. The molecule has 3 heterocycles. The highest BCUT2D eigenvalue weighted by Gasteiger charge is 2.27. The van der Waals surface area contributed by atoms with Crippen LogP contribution >= 0.6 is 11.3 Å². The number of piperidine rings is 1. The van der Waals surface area contributed by atoms with Crippen LogP contribution in [-0.2, 0) is 6.54 Å². The molecule has 1 saturated heterocycles. The van der Waals surface area contributed by atoms with Crippen molar-refractivity contribution < 1.29 is 4.79 Å². The van der Waals surface area contributed by atoms with Crippen LogP contribution in [-0.4, -0.2) is 38.4 Å². The van der Waals surface area contributed by atoms with Crippen LogP contribution in [0.2, 0.25) is 0 Å². The molecule has 1 aliphatic heterocycles. The van der Waals surface area contributed by atoms with Gasteiger partial charge in [-0.05, 0) is 37.1 Å². The van der Waals surface area contributed by atoms with Crippen LogP contribution < -0.4 is 0 Å². The van der Waals surface area contributed by atoms with Gasteiger partial charge >= 0.3 is 0 Å². The number of benzene rings is 1. The molecule has 1 unspecified atom stereocenters. The van der Waals surface area contributed by atoms with Gasteiger partial charge in [0.2, 0.25) is 0 Å². The zero-order valence-corrected chi connectivity index (χ0v) is 15.4. The molecule has 1 amide bonds. The number of carbonyl (C=O) groups is 1. The largest absolute Gasteiger partial charge is 0.335 e. The minimum Gasteiger partial charge on any atom is -0.335 e. The van der Waals surface area contributed by atoms with Gasteiger partial charge in [-0.15, -0.1) is 16.4 Å². The van der Waals surface area contributed by atoms with E-state index in [9.17, 15) is 4.79 Å². The molecule has 26 heavy (non-hydrogen) atoms. The van der Waals surface area contributed by atoms with Gasteiger partial charge in [-0.3, -0.25) is 9.48 Å². The Morgan fingerprint density at radius 1 is 1.15 bits per heavy atom. The molecular formula is C20H22N4OS. The van der Waals surface area contributed by atoms with Crippen LogP contribution in [0, 0.1) is 0 Å². The zero-order chi connectivity index (χ0) is 17.8. The van der Waals surface area contributed by atoms with Crippen molar-refractivity contribution in [3.8, 4) is 11.3 Å². The summed E-state index contributed by atoms with van der Waals surface area (Å²) in [6.07, 6.45) is 6.25. The molecule has 0 saturated carbocycles. The second-order valence-corrected chi connectivity index (χ2v) is 7.59. The molecule has 1 aromatic carbocycles. The maximum Gasteiger partial charge on any atom is 0.264 e. The van der Waals surface area contributed by atoms with E-state index < -0.39 is 0 Å². The fourth-order valence-electron chi connectivity index (χ4n) is 3.54. The summed E-state index contributed by atoms with van der Waals surface area (Å²) in [5.41, 5.74) is 1.96. The van der Waals surface area contributed by atoms with E-state index in [1.54, 1.807) is 0 Å². The normalized spacial score (nSPS) is 17.4. The molecule has 0 radical (unpaired) electrons. The van der Waals surface area contributed by atoms with Crippen molar-refractivity contribution in [1.82, 2.24) is 19.9 Å². The molecule has 1 aliphatic rings. The minimum absolute atomic E-state index is 0.174. The summed E-state index contributed by atoms with van der Waals surface area (Å²) in [4.78, 5) is 15.7. The van der Waals surface area contributed by atoms with Crippen LogP contribution in [0.15, 0.2) is 54.0 Å². The predicted octanol–water partition coefficient (Wildman–Crippen LogP) is 4.09. The fourth-order valence-corrected chi connectivity index (χ4v) is 4.22. The molecule has 0 N–H and O–H groups in total. The third-order valence-corrected chi connectivity index (χ3v) is 5.78. The number of nitrogens with zero attached hydrogens (tertiary/aromatic N) is 4. The molecule has 5 nitrogen and oxygen atoms in total. The van der Waals surface area contributed by atoms with Crippen molar-refractivity contribution in [3.05, 3.63) is 58.9 Å². The van der Waals surface area contributed by atoms with Gasteiger partial charge in [0.15, 0.2) is 0 Å². The summed E-state index contributed by atoms with van der Waals surface area (Å²) in [5.74, 6) is 0.174. The van der Waals surface area contributed by atoms with Gasteiger partial charge in [-0.25, -0.2) is 0 Å². The second-order valence-electron chi connectivity index (χ2n) is 6.65. The Labute approximate surface area is 157 Å². The van der Waals surface area contributed by atoms with E-state index in [0.717, 1.165) is 48.5 Å². The molecule has 4 rings (SSSR count). The zero-order valence-electron chi connectivity index (χ0n) is 14.6. The monoisotopic (exact) mass is 366 g/mol. The Morgan fingerprint density at radius 3 is 2.85 bits per heavy atom. The maximum atomic E-state index is 12.8. The van der Waals surface area contributed by atoms with Crippen molar-refractivity contribution in [2.45, 2.75) is 38.3 Å². The van der Waals surface area contributed by atoms with E-state index >= 15 is 0 Å². The van der Waals surface area contributed by atoms with Crippen molar-refractivity contribution in [3.63, 3.8) is 0 Å². The Balaban J connectivity index is 1.41. The number of thiophene rings is 1. The number of aryl methyl sites for hydroxylation is 1. The fraction of sp³-hybridized carbons (Fsp3) is 0.350. The average molecular weight is 366 g/mol. The van der Waals surface area contributed by atoms with Gasteiger partial charge < -0.3 is 4.90 Å². The summed E-state index contributed by atoms with van der Waals surface area (Å²) in [6, 6.07) is 14.2. The van der Waals surface area contributed by atoms with E-state index in [4.69, 9.17) is 0 Å². The number of amides is 1. The summed E-state index contributed by atoms with van der Waals surface area (Å²) >= 11 is 1.52. The van der Waals surface area contributed by atoms with E-state index in [-0.39, 0.29) is 11.9 Å². The van der Waals surface area contributed by atoms with Gasteiger partial charge in [-0.1, -0.05) is 41.6 Å². The number of likely N-dealkylation sites (tertiary alicyclic amines) is 1. The third kappa shape index (κ3) is 3.70. The molecule has 134 valence electrons. The first-order valence-electron chi connectivity index (χ1n) is 9.11. The average Bonchev–Trinajstić information content (AvgIpc) is 3.39. The highest BCUT2D eigenvalue weighted by atomic mass is 32.1. The lowest BCUT2D eigenvalue weighted by atomic mass is 9.99.